The molecule has 0 unspecified atom stereocenters. The van der Waals surface area contributed by atoms with Crippen LogP contribution in [0, 0.1) is 6.92 Å². The quantitative estimate of drug-likeness (QED) is 0.702. The predicted octanol–water partition coefficient (Wildman–Crippen LogP) is 3.81. The van der Waals surface area contributed by atoms with Gasteiger partial charge in [0.1, 0.15) is 0 Å². The Kier molecular flexibility index (Phi) is 3.99. The fourth-order valence-electron chi connectivity index (χ4n) is 2.18. The summed E-state index contributed by atoms with van der Waals surface area (Å²) in [7, 11) is 0. The third-order valence-electron chi connectivity index (χ3n) is 3.44. The minimum atomic E-state index is -4.41. The van der Waals surface area contributed by atoms with Crippen LogP contribution in [0.4, 0.5) is 24.9 Å². The Balaban J connectivity index is 1.82. The van der Waals surface area contributed by atoms with Crippen molar-refractivity contribution in [1.82, 2.24) is 9.71 Å². The Morgan fingerprint density at radius 2 is 1.88 bits per heavy atom. The monoisotopic (exact) mass is 351 g/mol. The maximum absolute atomic E-state index is 12.6. The molecule has 0 bridgehead atoms. The van der Waals surface area contributed by atoms with Gasteiger partial charge in [-0.25, -0.2) is 4.98 Å². The van der Waals surface area contributed by atoms with Crippen LogP contribution in [-0.2, 0) is 6.18 Å². The van der Waals surface area contributed by atoms with Crippen LogP contribution in [0.15, 0.2) is 51.8 Å². The van der Waals surface area contributed by atoms with Gasteiger partial charge in [0.25, 0.3) is 11.6 Å². The largest absolute Gasteiger partial charge is 0.425 e. The molecular weight excluding hydrogens is 339 g/mol. The van der Waals surface area contributed by atoms with Crippen LogP contribution >= 0.6 is 0 Å². The Hall–Kier alpha value is -3.23. The van der Waals surface area contributed by atoms with Crippen LogP contribution in [-0.4, -0.2) is 14.9 Å². The zero-order chi connectivity index (χ0) is 18.2. The molecule has 3 aromatic rings. The number of pyridine rings is 1. The lowest BCUT2D eigenvalue weighted by Crippen LogP contribution is -2.19. The molecule has 2 heterocycles. The van der Waals surface area contributed by atoms with Gasteiger partial charge in [-0.15, -0.1) is 0 Å². The number of rotatable bonds is 3. The van der Waals surface area contributed by atoms with E-state index in [9.17, 15) is 23.2 Å². The summed E-state index contributed by atoms with van der Waals surface area (Å²) < 4.78 is 43.6. The third-order valence-corrected chi connectivity index (χ3v) is 3.44. The lowest BCUT2D eigenvalue weighted by Gasteiger charge is -2.06. The van der Waals surface area contributed by atoms with Gasteiger partial charge < -0.3 is 14.9 Å². The highest BCUT2D eigenvalue weighted by Gasteiger charge is 2.30. The van der Waals surface area contributed by atoms with Gasteiger partial charge in [-0.3, -0.25) is 4.79 Å². The molecule has 1 aromatic carbocycles. The fourth-order valence-corrected chi connectivity index (χ4v) is 2.18. The number of aryl methyl sites for hydroxylation is 1. The van der Waals surface area contributed by atoms with E-state index in [4.69, 9.17) is 4.42 Å². The molecule has 6 nitrogen and oxygen atoms in total. The molecule has 25 heavy (non-hydrogen) atoms. The van der Waals surface area contributed by atoms with Crippen molar-refractivity contribution in [3.63, 3.8) is 0 Å². The van der Waals surface area contributed by atoms with Crippen LogP contribution in [0.1, 0.15) is 11.3 Å². The summed E-state index contributed by atoms with van der Waals surface area (Å²) in [5, 5.41) is 12.1. The Morgan fingerprint density at radius 3 is 2.48 bits per heavy atom. The average Bonchev–Trinajstić information content (AvgIpc) is 3.00. The number of anilines is 2. The first-order chi connectivity index (χ1) is 11.7. The van der Waals surface area contributed by atoms with E-state index in [1.54, 1.807) is 0 Å². The van der Waals surface area contributed by atoms with Gasteiger partial charge in [0.05, 0.1) is 17.5 Å². The van der Waals surface area contributed by atoms with Gasteiger partial charge in [0.15, 0.2) is 5.76 Å². The van der Waals surface area contributed by atoms with Gasteiger partial charge in [-0.1, -0.05) is 12.1 Å². The number of nitrogens with one attached hydrogen (secondary N) is 1. The van der Waals surface area contributed by atoms with Crippen LogP contribution in [0.2, 0.25) is 0 Å². The molecular formula is C16H12F3N3O3. The number of hydrogen-bond acceptors (Lipinski definition) is 5. The van der Waals surface area contributed by atoms with Crippen molar-refractivity contribution in [2.45, 2.75) is 13.1 Å². The molecule has 9 heteroatoms. The maximum Gasteiger partial charge on any atom is 0.416 e. The summed E-state index contributed by atoms with van der Waals surface area (Å²) in [6, 6.07) is 7.18. The maximum atomic E-state index is 12.6. The number of benzene rings is 1. The minimum absolute atomic E-state index is 0.0596. The lowest BCUT2D eigenvalue weighted by atomic mass is 10.1. The molecule has 0 amide bonds. The van der Waals surface area contributed by atoms with Crippen molar-refractivity contribution in [3.05, 3.63) is 64.2 Å². The Morgan fingerprint density at radius 1 is 1.20 bits per heavy atom. The second-order valence-corrected chi connectivity index (χ2v) is 5.27. The summed E-state index contributed by atoms with van der Waals surface area (Å²) in [5.74, 6) is 0.267. The van der Waals surface area contributed by atoms with Crippen molar-refractivity contribution >= 4 is 11.7 Å². The third kappa shape index (κ3) is 3.49. The van der Waals surface area contributed by atoms with E-state index >= 15 is 0 Å². The molecule has 0 aliphatic rings. The minimum Gasteiger partial charge on any atom is -0.425 e. The average molecular weight is 351 g/mol. The second kappa shape index (κ2) is 6.00. The molecule has 0 spiro atoms. The van der Waals surface area contributed by atoms with Gasteiger partial charge in [-0.2, -0.15) is 17.9 Å². The van der Waals surface area contributed by atoms with Crippen LogP contribution in [0.25, 0.3) is 11.3 Å². The van der Waals surface area contributed by atoms with Gasteiger partial charge in [-0.05, 0) is 25.1 Å². The molecule has 3 rings (SSSR count). The molecule has 2 aromatic heterocycles. The predicted molar refractivity (Wildman–Crippen MR) is 82.8 cm³/mol. The second-order valence-electron chi connectivity index (χ2n) is 5.27. The normalized spacial score (nSPS) is 11.5. The number of halogens is 3. The molecule has 130 valence electrons. The number of oxazole rings is 1. The highest BCUT2D eigenvalue weighted by atomic mass is 19.4. The van der Waals surface area contributed by atoms with Crippen molar-refractivity contribution in [2.75, 3.05) is 5.32 Å². The molecule has 0 fully saturated rings. The summed E-state index contributed by atoms with van der Waals surface area (Å²) >= 11 is 0. The van der Waals surface area contributed by atoms with E-state index < -0.39 is 17.3 Å². The first kappa shape index (κ1) is 16.6. The Labute approximate surface area is 139 Å². The molecule has 0 saturated heterocycles. The van der Waals surface area contributed by atoms with E-state index in [0.717, 1.165) is 18.2 Å². The van der Waals surface area contributed by atoms with E-state index in [2.05, 4.69) is 10.3 Å². The number of nitrogens with zero attached hydrogens (tertiary/aromatic N) is 2. The van der Waals surface area contributed by atoms with Crippen LogP contribution < -0.4 is 10.9 Å². The van der Waals surface area contributed by atoms with Crippen molar-refractivity contribution in [3.8, 4) is 11.3 Å². The molecule has 0 atom stereocenters. The highest BCUT2D eigenvalue weighted by molar-refractivity contribution is 5.60. The smallest absolute Gasteiger partial charge is 0.416 e. The molecule has 0 radical (unpaired) electrons. The molecule has 0 aliphatic heterocycles. The zero-order valence-corrected chi connectivity index (χ0v) is 12.8. The van der Waals surface area contributed by atoms with Gasteiger partial charge >= 0.3 is 6.18 Å². The van der Waals surface area contributed by atoms with E-state index in [0.29, 0.717) is 21.7 Å². The summed E-state index contributed by atoms with van der Waals surface area (Å²) in [4.78, 5) is 15.5. The van der Waals surface area contributed by atoms with Gasteiger partial charge in [0, 0.05) is 17.3 Å². The van der Waals surface area contributed by atoms with Crippen LogP contribution in [0.5, 0.6) is 0 Å². The standard InChI is InChI=1S/C16H12F3N3O3/c1-9-6-12(7-14(23)22(9)24)21-15-20-8-13(25-15)10-2-4-11(5-3-10)16(17,18)19/h2-8,24H,1H3,(H,20,21). The SMILES string of the molecule is Cc1cc(Nc2ncc(-c3ccc(C(F)(F)F)cc3)o2)cc(=O)n1O. The van der Waals surface area contributed by atoms with Crippen LogP contribution in [0.3, 0.4) is 0 Å². The van der Waals surface area contributed by atoms with Gasteiger partial charge in [0.2, 0.25) is 0 Å². The number of hydrogen-bond donors (Lipinski definition) is 2. The topological polar surface area (TPSA) is 80.3 Å². The molecule has 0 aliphatic carbocycles. The van der Waals surface area contributed by atoms with E-state index in [1.165, 1.54) is 31.3 Å². The fraction of sp³-hybridized carbons (Fsp3) is 0.125. The Bertz CT molecular complexity index is 959. The summed E-state index contributed by atoms with van der Waals surface area (Å²) in [6.45, 7) is 1.54. The van der Waals surface area contributed by atoms with Crippen molar-refractivity contribution in [1.29, 1.82) is 0 Å². The number of aromatic nitrogens is 2. The van der Waals surface area contributed by atoms with Crippen molar-refractivity contribution < 1.29 is 22.8 Å². The highest BCUT2D eigenvalue weighted by Crippen LogP contribution is 2.31. The lowest BCUT2D eigenvalue weighted by molar-refractivity contribution is -0.137. The zero-order valence-electron chi connectivity index (χ0n) is 12.8. The molecule has 2 N–H and O–H groups in total. The van der Waals surface area contributed by atoms with E-state index in [1.807, 2.05) is 0 Å². The summed E-state index contributed by atoms with van der Waals surface area (Å²) in [6.07, 6.45) is -3.05. The van der Waals surface area contributed by atoms with Crippen molar-refractivity contribution in [2.24, 2.45) is 0 Å². The summed E-state index contributed by atoms with van der Waals surface area (Å²) in [5.41, 5.74) is -0.292. The molecule has 0 saturated carbocycles. The first-order valence-electron chi connectivity index (χ1n) is 7.07. The number of alkyl halides is 3. The van der Waals surface area contributed by atoms with E-state index in [-0.39, 0.29) is 11.8 Å². The first-order valence-corrected chi connectivity index (χ1v) is 7.07.